The van der Waals surface area contributed by atoms with Crippen LogP contribution in [0.2, 0.25) is 0 Å². The van der Waals surface area contributed by atoms with E-state index in [1.165, 1.54) is 0 Å². The standard InChI is InChI=1S/C11H12F3N.ClH/c1-6(2)3-10(15)7-4-8(12)11(14)9(13)5-7;/h4-5,10H,1,3,15H2,2H3;1H/t10-;/m1./s1. The van der Waals surface area contributed by atoms with E-state index in [1.54, 1.807) is 6.92 Å². The van der Waals surface area contributed by atoms with Crippen LogP contribution in [0.5, 0.6) is 0 Å². The van der Waals surface area contributed by atoms with E-state index in [1.807, 2.05) is 0 Å². The molecule has 0 fully saturated rings. The Balaban J connectivity index is 0.00000225. The molecule has 0 unspecified atom stereocenters. The van der Waals surface area contributed by atoms with Crippen molar-refractivity contribution in [3.63, 3.8) is 0 Å². The van der Waals surface area contributed by atoms with Gasteiger partial charge in [0, 0.05) is 6.04 Å². The second kappa shape index (κ2) is 5.92. The summed E-state index contributed by atoms with van der Waals surface area (Å²) in [7, 11) is 0. The van der Waals surface area contributed by atoms with Gasteiger partial charge in [-0.3, -0.25) is 0 Å². The third-order valence-electron chi connectivity index (χ3n) is 2.00. The molecular weight excluding hydrogens is 239 g/mol. The average Bonchev–Trinajstić information content (AvgIpc) is 2.12. The van der Waals surface area contributed by atoms with E-state index in [0.29, 0.717) is 6.42 Å². The molecule has 90 valence electrons. The fourth-order valence-corrected chi connectivity index (χ4v) is 1.28. The summed E-state index contributed by atoms with van der Waals surface area (Å²) in [5.74, 6) is -3.91. The Hall–Kier alpha value is -1.00. The third-order valence-corrected chi connectivity index (χ3v) is 2.00. The van der Waals surface area contributed by atoms with E-state index in [-0.39, 0.29) is 18.0 Å². The molecule has 5 heteroatoms. The summed E-state index contributed by atoms with van der Waals surface area (Å²) in [4.78, 5) is 0. The Labute approximate surface area is 98.6 Å². The summed E-state index contributed by atoms with van der Waals surface area (Å²) < 4.78 is 38.3. The fourth-order valence-electron chi connectivity index (χ4n) is 1.28. The predicted octanol–water partition coefficient (Wildman–Crippen LogP) is 3.49. The van der Waals surface area contributed by atoms with Crippen LogP contribution < -0.4 is 5.73 Å². The van der Waals surface area contributed by atoms with E-state index in [0.717, 1.165) is 17.7 Å². The van der Waals surface area contributed by atoms with Crippen molar-refractivity contribution < 1.29 is 13.2 Å². The second-order valence-electron chi connectivity index (χ2n) is 3.57. The van der Waals surface area contributed by atoms with Crippen LogP contribution in [-0.2, 0) is 0 Å². The fraction of sp³-hybridized carbons (Fsp3) is 0.273. The minimum atomic E-state index is -1.47. The Morgan fingerprint density at radius 2 is 1.75 bits per heavy atom. The van der Waals surface area contributed by atoms with Gasteiger partial charge in [0.2, 0.25) is 0 Å². The zero-order chi connectivity index (χ0) is 11.6. The number of hydrogen-bond acceptors (Lipinski definition) is 1. The van der Waals surface area contributed by atoms with Crippen LogP contribution in [0.25, 0.3) is 0 Å². The molecule has 16 heavy (non-hydrogen) atoms. The first-order valence-corrected chi connectivity index (χ1v) is 4.46. The Morgan fingerprint density at radius 3 is 2.12 bits per heavy atom. The van der Waals surface area contributed by atoms with Crippen LogP contribution in [0.3, 0.4) is 0 Å². The lowest BCUT2D eigenvalue weighted by molar-refractivity contribution is 0.443. The molecule has 0 aliphatic rings. The van der Waals surface area contributed by atoms with Gasteiger partial charge in [-0.1, -0.05) is 5.57 Å². The Bertz CT molecular complexity index is 370. The van der Waals surface area contributed by atoms with E-state index in [9.17, 15) is 13.2 Å². The highest BCUT2D eigenvalue weighted by Gasteiger charge is 2.14. The van der Waals surface area contributed by atoms with Crippen LogP contribution in [0.4, 0.5) is 13.2 Å². The van der Waals surface area contributed by atoms with Gasteiger partial charge in [0.05, 0.1) is 0 Å². The van der Waals surface area contributed by atoms with E-state index in [2.05, 4.69) is 6.58 Å². The molecule has 0 aliphatic heterocycles. The first kappa shape index (κ1) is 15.0. The molecule has 0 aliphatic carbocycles. The topological polar surface area (TPSA) is 26.0 Å². The van der Waals surface area contributed by atoms with E-state index >= 15 is 0 Å². The van der Waals surface area contributed by atoms with Crippen LogP contribution in [-0.4, -0.2) is 0 Å². The van der Waals surface area contributed by atoms with Crippen molar-refractivity contribution in [2.24, 2.45) is 5.73 Å². The highest BCUT2D eigenvalue weighted by molar-refractivity contribution is 5.85. The van der Waals surface area contributed by atoms with Crippen molar-refractivity contribution >= 4 is 12.4 Å². The molecule has 0 radical (unpaired) electrons. The minimum absolute atomic E-state index is 0. The number of rotatable bonds is 3. The monoisotopic (exact) mass is 251 g/mol. The molecule has 0 saturated heterocycles. The zero-order valence-corrected chi connectivity index (χ0v) is 9.58. The molecule has 0 bridgehead atoms. The second-order valence-corrected chi connectivity index (χ2v) is 3.57. The Morgan fingerprint density at radius 1 is 1.31 bits per heavy atom. The average molecular weight is 252 g/mol. The zero-order valence-electron chi connectivity index (χ0n) is 8.77. The van der Waals surface area contributed by atoms with Crippen molar-refractivity contribution in [2.45, 2.75) is 19.4 Å². The maximum Gasteiger partial charge on any atom is 0.194 e. The summed E-state index contributed by atoms with van der Waals surface area (Å²) in [6.07, 6.45) is 0.407. The van der Waals surface area contributed by atoms with Crippen LogP contribution in [0, 0.1) is 17.5 Å². The van der Waals surface area contributed by atoms with Crippen molar-refractivity contribution in [1.29, 1.82) is 0 Å². The first-order valence-electron chi connectivity index (χ1n) is 4.46. The molecule has 1 nitrogen and oxygen atoms in total. The quantitative estimate of drug-likeness (QED) is 0.646. The lowest BCUT2D eigenvalue weighted by Crippen LogP contribution is -2.11. The van der Waals surface area contributed by atoms with Crippen molar-refractivity contribution in [3.8, 4) is 0 Å². The molecule has 1 aromatic rings. The normalized spacial score (nSPS) is 11.8. The van der Waals surface area contributed by atoms with Gasteiger partial charge in [0.1, 0.15) is 0 Å². The van der Waals surface area contributed by atoms with E-state index < -0.39 is 23.5 Å². The molecule has 1 atom stereocenters. The highest BCUT2D eigenvalue weighted by Crippen LogP contribution is 2.21. The maximum absolute atomic E-state index is 12.8. The highest BCUT2D eigenvalue weighted by atomic mass is 35.5. The lowest BCUT2D eigenvalue weighted by Gasteiger charge is -2.12. The lowest BCUT2D eigenvalue weighted by atomic mass is 10.0. The molecule has 2 N–H and O–H groups in total. The molecular formula is C11H13ClF3N. The van der Waals surface area contributed by atoms with Gasteiger partial charge < -0.3 is 5.73 Å². The number of nitrogens with two attached hydrogens (primary N) is 1. The molecule has 0 aromatic heterocycles. The molecule has 0 saturated carbocycles. The smallest absolute Gasteiger partial charge is 0.194 e. The van der Waals surface area contributed by atoms with Gasteiger partial charge in [0.25, 0.3) is 0 Å². The van der Waals surface area contributed by atoms with E-state index in [4.69, 9.17) is 5.73 Å². The molecule has 0 heterocycles. The molecule has 1 rings (SSSR count). The van der Waals surface area contributed by atoms with Gasteiger partial charge in [-0.05, 0) is 31.0 Å². The molecule has 0 amide bonds. The van der Waals surface area contributed by atoms with Crippen molar-refractivity contribution in [2.75, 3.05) is 0 Å². The van der Waals surface area contributed by atoms with Gasteiger partial charge in [-0.25, -0.2) is 13.2 Å². The van der Waals surface area contributed by atoms with Gasteiger partial charge in [0.15, 0.2) is 17.5 Å². The van der Waals surface area contributed by atoms with Crippen LogP contribution in [0.15, 0.2) is 24.3 Å². The van der Waals surface area contributed by atoms with Gasteiger partial charge in [-0.2, -0.15) is 0 Å². The molecule has 0 spiro atoms. The van der Waals surface area contributed by atoms with Gasteiger partial charge in [-0.15, -0.1) is 19.0 Å². The summed E-state index contributed by atoms with van der Waals surface area (Å²) >= 11 is 0. The third kappa shape index (κ3) is 3.54. The predicted molar refractivity (Wildman–Crippen MR) is 59.9 cm³/mol. The van der Waals surface area contributed by atoms with Gasteiger partial charge >= 0.3 is 0 Å². The summed E-state index contributed by atoms with van der Waals surface area (Å²) in [6, 6.07) is 1.25. The summed E-state index contributed by atoms with van der Waals surface area (Å²) in [5.41, 5.74) is 6.70. The number of halogens is 4. The largest absolute Gasteiger partial charge is 0.324 e. The molecule has 1 aromatic carbocycles. The first-order chi connectivity index (χ1) is 6.91. The SMILES string of the molecule is C=C(C)C[C@@H](N)c1cc(F)c(F)c(F)c1.Cl. The number of benzene rings is 1. The minimum Gasteiger partial charge on any atom is -0.324 e. The summed E-state index contributed by atoms with van der Waals surface area (Å²) in [6.45, 7) is 5.40. The Kier molecular flexibility index (Phi) is 5.55. The maximum atomic E-state index is 12.8. The number of hydrogen-bond donors (Lipinski definition) is 1. The van der Waals surface area contributed by atoms with Crippen molar-refractivity contribution in [3.05, 3.63) is 47.3 Å². The summed E-state index contributed by atoms with van der Waals surface area (Å²) in [5, 5.41) is 0. The van der Waals surface area contributed by atoms with Crippen molar-refractivity contribution in [1.82, 2.24) is 0 Å². The van der Waals surface area contributed by atoms with Crippen LogP contribution in [0.1, 0.15) is 24.9 Å². The van der Waals surface area contributed by atoms with Crippen LogP contribution >= 0.6 is 12.4 Å².